The molecule has 0 N–H and O–H groups in total. The summed E-state index contributed by atoms with van der Waals surface area (Å²) in [6, 6.07) is 1.64. The van der Waals surface area contributed by atoms with E-state index in [0.717, 1.165) is 6.07 Å². The first-order valence-corrected chi connectivity index (χ1v) is 6.02. The van der Waals surface area contributed by atoms with Gasteiger partial charge in [-0.3, -0.25) is 0 Å². The summed E-state index contributed by atoms with van der Waals surface area (Å²) in [4.78, 5) is 0. The number of hydrogen-bond acceptors (Lipinski definition) is 2. The van der Waals surface area contributed by atoms with Gasteiger partial charge in [0.15, 0.2) is 27.3 Å². The molecule has 0 aliphatic rings. The summed E-state index contributed by atoms with van der Waals surface area (Å²) in [5, 5.41) is 0. The van der Waals surface area contributed by atoms with Crippen LogP contribution in [0.25, 0.3) is 0 Å². The van der Waals surface area contributed by atoms with Gasteiger partial charge in [0.05, 0.1) is 5.75 Å². The fraction of sp³-hybridized carbons (Fsp3) is 0.333. The lowest BCUT2D eigenvalue weighted by atomic mass is 10.2. The van der Waals surface area contributed by atoms with Crippen LogP contribution in [0.4, 0.5) is 13.2 Å². The second kappa shape index (κ2) is 4.22. The van der Waals surface area contributed by atoms with Crippen LogP contribution in [0.15, 0.2) is 12.1 Å². The summed E-state index contributed by atoms with van der Waals surface area (Å²) >= 11 is 0. The van der Waals surface area contributed by atoms with Gasteiger partial charge < -0.3 is 0 Å². The highest BCUT2D eigenvalue weighted by Gasteiger charge is 2.17. The number of halogens is 3. The molecule has 0 radical (unpaired) electrons. The Morgan fingerprint density at radius 1 is 1.13 bits per heavy atom. The molecule has 0 saturated carbocycles. The van der Waals surface area contributed by atoms with Crippen molar-refractivity contribution in [2.75, 3.05) is 5.75 Å². The van der Waals surface area contributed by atoms with Gasteiger partial charge in [-0.2, -0.15) is 0 Å². The van der Waals surface area contributed by atoms with Crippen LogP contribution in [0.3, 0.4) is 0 Å². The van der Waals surface area contributed by atoms with E-state index in [9.17, 15) is 21.6 Å². The Balaban J connectivity index is 3.13. The van der Waals surface area contributed by atoms with Gasteiger partial charge >= 0.3 is 0 Å². The van der Waals surface area contributed by atoms with Crippen molar-refractivity contribution in [2.24, 2.45) is 0 Å². The second-order valence-electron chi connectivity index (χ2n) is 3.01. The molecule has 1 rings (SSSR count). The largest absolute Gasteiger partial charge is 0.229 e. The SMILES string of the molecule is CCS(=O)(=O)Cc1ccc(F)c(F)c1F. The Labute approximate surface area is 85.6 Å². The lowest BCUT2D eigenvalue weighted by molar-refractivity contribution is 0.442. The Bertz CT molecular complexity index is 468. The molecular formula is C9H9F3O2S. The molecule has 0 aliphatic carbocycles. The normalized spacial score (nSPS) is 11.7. The molecular weight excluding hydrogens is 229 g/mol. The van der Waals surface area contributed by atoms with Gasteiger partial charge in [-0.15, -0.1) is 0 Å². The van der Waals surface area contributed by atoms with Crippen molar-refractivity contribution in [1.29, 1.82) is 0 Å². The van der Waals surface area contributed by atoms with Crippen molar-refractivity contribution in [1.82, 2.24) is 0 Å². The van der Waals surface area contributed by atoms with Crippen molar-refractivity contribution in [2.45, 2.75) is 12.7 Å². The molecule has 6 heteroatoms. The average Bonchev–Trinajstić information content (AvgIpc) is 2.19. The maximum Gasteiger partial charge on any atom is 0.194 e. The Hall–Kier alpha value is -1.04. The third-order valence-corrected chi connectivity index (χ3v) is 3.56. The highest BCUT2D eigenvalue weighted by atomic mass is 32.2. The third kappa shape index (κ3) is 2.71. The summed E-state index contributed by atoms with van der Waals surface area (Å²) < 4.78 is 60.6. The molecule has 0 fully saturated rings. The van der Waals surface area contributed by atoms with Crippen molar-refractivity contribution in [3.8, 4) is 0 Å². The van der Waals surface area contributed by atoms with E-state index in [-0.39, 0.29) is 11.3 Å². The molecule has 0 aromatic heterocycles. The molecule has 84 valence electrons. The Kier molecular flexibility index (Phi) is 3.38. The van der Waals surface area contributed by atoms with Crippen molar-refractivity contribution in [3.63, 3.8) is 0 Å². The van der Waals surface area contributed by atoms with Crippen LogP contribution >= 0.6 is 0 Å². The van der Waals surface area contributed by atoms with E-state index in [1.54, 1.807) is 0 Å². The summed E-state index contributed by atoms with van der Waals surface area (Å²) in [7, 11) is -3.45. The molecule has 1 aromatic carbocycles. The van der Waals surface area contributed by atoms with E-state index in [0.29, 0.717) is 6.07 Å². The zero-order valence-electron chi connectivity index (χ0n) is 7.93. The molecule has 0 amide bonds. The zero-order valence-corrected chi connectivity index (χ0v) is 8.74. The molecule has 0 unspecified atom stereocenters. The fourth-order valence-electron chi connectivity index (χ4n) is 1.02. The van der Waals surface area contributed by atoms with Gasteiger partial charge in [0, 0.05) is 11.3 Å². The Morgan fingerprint density at radius 3 is 2.27 bits per heavy atom. The maximum absolute atomic E-state index is 13.0. The lowest BCUT2D eigenvalue weighted by Crippen LogP contribution is -2.09. The van der Waals surface area contributed by atoms with E-state index in [1.165, 1.54) is 6.92 Å². The highest BCUT2D eigenvalue weighted by Crippen LogP contribution is 2.17. The van der Waals surface area contributed by atoms with Crippen molar-refractivity contribution < 1.29 is 21.6 Å². The highest BCUT2D eigenvalue weighted by molar-refractivity contribution is 7.90. The van der Waals surface area contributed by atoms with Crippen molar-refractivity contribution >= 4 is 9.84 Å². The molecule has 2 nitrogen and oxygen atoms in total. The first kappa shape index (κ1) is 12.0. The minimum Gasteiger partial charge on any atom is -0.229 e. The van der Waals surface area contributed by atoms with Crippen LogP contribution < -0.4 is 0 Å². The molecule has 15 heavy (non-hydrogen) atoms. The molecule has 1 aromatic rings. The summed E-state index contributed by atoms with van der Waals surface area (Å²) in [6.45, 7) is 1.40. The number of rotatable bonds is 3. The van der Waals surface area contributed by atoms with Gasteiger partial charge in [0.2, 0.25) is 0 Å². The van der Waals surface area contributed by atoms with Gasteiger partial charge in [0.1, 0.15) is 0 Å². The zero-order chi connectivity index (χ0) is 11.6. The quantitative estimate of drug-likeness (QED) is 0.755. The van der Waals surface area contributed by atoms with Crippen LogP contribution in [0.5, 0.6) is 0 Å². The van der Waals surface area contributed by atoms with Crippen LogP contribution in [-0.2, 0) is 15.6 Å². The minimum atomic E-state index is -3.45. The van der Waals surface area contributed by atoms with E-state index in [4.69, 9.17) is 0 Å². The van der Waals surface area contributed by atoms with E-state index in [1.807, 2.05) is 0 Å². The molecule has 0 spiro atoms. The fourth-order valence-corrected chi connectivity index (χ4v) is 1.92. The first-order chi connectivity index (χ1) is 6.87. The summed E-state index contributed by atoms with van der Waals surface area (Å²) in [6.07, 6.45) is 0. The van der Waals surface area contributed by atoms with E-state index < -0.39 is 33.0 Å². The summed E-state index contributed by atoms with van der Waals surface area (Å²) in [5.74, 6) is -5.20. The number of hydrogen-bond donors (Lipinski definition) is 0. The standard InChI is InChI=1S/C9H9F3O2S/c1-2-15(13,14)5-6-3-4-7(10)9(12)8(6)11/h3-4H,2,5H2,1H3. The average molecular weight is 238 g/mol. The Morgan fingerprint density at radius 2 is 1.73 bits per heavy atom. The van der Waals surface area contributed by atoms with E-state index >= 15 is 0 Å². The summed E-state index contributed by atoms with van der Waals surface area (Å²) in [5.41, 5.74) is -0.351. The lowest BCUT2D eigenvalue weighted by Gasteiger charge is -2.04. The van der Waals surface area contributed by atoms with Crippen molar-refractivity contribution in [3.05, 3.63) is 35.1 Å². The van der Waals surface area contributed by atoms with Gasteiger partial charge in [-0.05, 0) is 6.07 Å². The molecule has 0 saturated heterocycles. The molecule has 0 aliphatic heterocycles. The number of sulfone groups is 1. The second-order valence-corrected chi connectivity index (χ2v) is 5.36. The van der Waals surface area contributed by atoms with Gasteiger partial charge in [-0.25, -0.2) is 21.6 Å². The molecule has 0 atom stereocenters. The van der Waals surface area contributed by atoms with Crippen LogP contribution in [0, 0.1) is 17.5 Å². The van der Waals surface area contributed by atoms with Crippen LogP contribution in [0.1, 0.15) is 12.5 Å². The maximum atomic E-state index is 13.0. The van der Waals surface area contributed by atoms with E-state index in [2.05, 4.69) is 0 Å². The predicted octanol–water partition coefficient (Wildman–Crippen LogP) is 2.04. The van der Waals surface area contributed by atoms with Crippen LogP contribution in [0.2, 0.25) is 0 Å². The smallest absolute Gasteiger partial charge is 0.194 e. The van der Waals surface area contributed by atoms with Crippen LogP contribution in [-0.4, -0.2) is 14.2 Å². The number of benzene rings is 1. The topological polar surface area (TPSA) is 34.1 Å². The molecule has 0 heterocycles. The van der Waals surface area contributed by atoms with Gasteiger partial charge in [-0.1, -0.05) is 13.0 Å². The third-order valence-electron chi connectivity index (χ3n) is 1.93. The first-order valence-electron chi connectivity index (χ1n) is 4.20. The minimum absolute atomic E-state index is 0.175. The monoisotopic (exact) mass is 238 g/mol. The predicted molar refractivity (Wildman–Crippen MR) is 49.5 cm³/mol. The van der Waals surface area contributed by atoms with Gasteiger partial charge in [0.25, 0.3) is 0 Å². The molecule has 0 bridgehead atoms.